The summed E-state index contributed by atoms with van der Waals surface area (Å²) >= 11 is 3.12. The number of thiazole rings is 1. The maximum absolute atomic E-state index is 12.8. The lowest BCUT2D eigenvalue weighted by atomic mass is 9.69. The summed E-state index contributed by atoms with van der Waals surface area (Å²) in [7, 11) is 0. The van der Waals surface area contributed by atoms with E-state index in [0.29, 0.717) is 5.41 Å². The SMILES string of the molecule is CC1(C)[C@H]2CC[C@@]1(C)[C@H](NC(=O)c1cc3c(nc4sccn43)s1)C2. The molecule has 2 fully saturated rings. The highest BCUT2D eigenvalue weighted by Crippen LogP contribution is 2.65. The normalized spacial score (nSPS) is 31.3. The number of carbonyl (C=O) groups is 1. The monoisotopic (exact) mass is 359 g/mol. The highest BCUT2D eigenvalue weighted by atomic mass is 32.1. The summed E-state index contributed by atoms with van der Waals surface area (Å²) in [4.78, 5) is 20.2. The molecule has 3 aromatic rings. The molecule has 3 atom stereocenters. The maximum Gasteiger partial charge on any atom is 0.261 e. The van der Waals surface area contributed by atoms with Crippen molar-refractivity contribution in [3.05, 3.63) is 22.5 Å². The van der Waals surface area contributed by atoms with Crippen molar-refractivity contribution in [3.63, 3.8) is 0 Å². The van der Waals surface area contributed by atoms with Crippen LogP contribution in [0.1, 0.15) is 49.7 Å². The summed E-state index contributed by atoms with van der Waals surface area (Å²) < 4.78 is 2.06. The zero-order chi connectivity index (χ0) is 16.7. The molecule has 0 unspecified atom stereocenters. The van der Waals surface area contributed by atoms with Crippen LogP contribution in [0.2, 0.25) is 0 Å². The first-order valence-corrected chi connectivity index (χ1v) is 10.3. The van der Waals surface area contributed by atoms with Crippen molar-refractivity contribution in [1.82, 2.24) is 14.7 Å². The van der Waals surface area contributed by atoms with Crippen molar-refractivity contribution in [2.45, 2.75) is 46.1 Å². The largest absolute Gasteiger partial charge is 0.348 e. The van der Waals surface area contributed by atoms with Gasteiger partial charge in [0.2, 0.25) is 0 Å². The summed E-state index contributed by atoms with van der Waals surface area (Å²) in [6, 6.07) is 2.28. The fourth-order valence-corrected chi connectivity index (χ4v) is 6.71. The standard InChI is InChI=1S/C18H21N3OS2/c1-17(2)10-4-5-18(17,3)13(8-10)19-14(22)12-9-11-15(24-12)20-16-21(11)6-7-23-16/h6-7,9-10,13H,4-5,8H2,1-3H3,(H,19,22)/t10-,13+,18-/m0/s1. The lowest BCUT2D eigenvalue weighted by Gasteiger charge is -2.39. The highest BCUT2D eigenvalue weighted by Gasteiger charge is 2.61. The predicted octanol–water partition coefficient (Wildman–Crippen LogP) is 4.56. The first kappa shape index (κ1) is 14.9. The number of hydrogen-bond acceptors (Lipinski definition) is 4. The van der Waals surface area contributed by atoms with Crippen LogP contribution in [-0.4, -0.2) is 21.3 Å². The number of thiophene rings is 1. The lowest BCUT2D eigenvalue weighted by molar-refractivity contribution is 0.0830. The van der Waals surface area contributed by atoms with Crippen LogP contribution < -0.4 is 5.32 Å². The van der Waals surface area contributed by atoms with Gasteiger partial charge in [0.1, 0.15) is 4.83 Å². The molecule has 24 heavy (non-hydrogen) atoms. The molecule has 3 heterocycles. The van der Waals surface area contributed by atoms with E-state index < -0.39 is 0 Å². The molecule has 0 radical (unpaired) electrons. The Morgan fingerprint density at radius 3 is 2.96 bits per heavy atom. The molecule has 126 valence electrons. The molecule has 2 aliphatic carbocycles. The molecule has 0 aromatic carbocycles. The second kappa shape index (κ2) is 4.61. The zero-order valence-corrected chi connectivity index (χ0v) is 15.8. The molecule has 2 saturated carbocycles. The minimum Gasteiger partial charge on any atom is -0.348 e. The third-order valence-electron chi connectivity index (χ3n) is 7.06. The van der Waals surface area contributed by atoms with E-state index in [4.69, 9.17) is 0 Å². The van der Waals surface area contributed by atoms with Gasteiger partial charge < -0.3 is 5.32 Å². The van der Waals surface area contributed by atoms with Crippen molar-refractivity contribution in [2.24, 2.45) is 16.7 Å². The molecule has 0 spiro atoms. The van der Waals surface area contributed by atoms with Gasteiger partial charge in [-0.15, -0.1) is 22.7 Å². The Hall–Kier alpha value is -1.40. The quantitative estimate of drug-likeness (QED) is 0.729. The number of imidazole rings is 1. The third kappa shape index (κ3) is 1.73. The van der Waals surface area contributed by atoms with Gasteiger partial charge in [0.15, 0.2) is 4.96 Å². The molecule has 5 rings (SSSR count). The smallest absolute Gasteiger partial charge is 0.261 e. The number of aromatic nitrogens is 2. The molecule has 0 saturated heterocycles. The Morgan fingerprint density at radius 1 is 1.42 bits per heavy atom. The minimum absolute atomic E-state index is 0.0663. The topological polar surface area (TPSA) is 46.4 Å². The van der Waals surface area contributed by atoms with E-state index in [2.05, 4.69) is 35.5 Å². The first-order valence-electron chi connectivity index (χ1n) is 8.56. The fraction of sp³-hybridized carbons (Fsp3) is 0.556. The van der Waals surface area contributed by atoms with Crippen molar-refractivity contribution >= 4 is 43.9 Å². The average Bonchev–Trinajstić information content (AvgIpc) is 3.25. The van der Waals surface area contributed by atoms with Crippen LogP contribution in [0, 0.1) is 16.7 Å². The van der Waals surface area contributed by atoms with Crippen LogP contribution in [0.3, 0.4) is 0 Å². The van der Waals surface area contributed by atoms with Crippen molar-refractivity contribution < 1.29 is 4.79 Å². The molecular weight excluding hydrogens is 338 g/mol. The number of carbonyl (C=O) groups excluding carboxylic acids is 1. The Balaban J connectivity index is 1.44. The number of rotatable bonds is 2. The fourth-order valence-electron chi connectivity index (χ4n) is 5.01. The van der Waals surface area contributed by atoms with Gasteiger partial charge in [-0.1, -0.05) is 20.8 Å². The Morgan fingerprint density at radius 2 is 2.25 bits per heavy atom. The van der Waals surface area contributed by atoms with Gasteiger partial charge in [-0.2, -0.15) is 0 Å². The molecule has 1 N–H and O–H groups in total. The molecule has 4 nitrogen and oxygen atoms in total. The van der Waals surface area contributed by atoms with Crippen LogP contribution in [0.25, 0.3) is 15.3 Å². The highest BCUT2D eigenvalue weighted by molar-refractivity contribution is 7.21. The van der Waals surface area contributed by atoms with Gasteiger partial charge in [-0.25, -0.2) is 4.98 Å². The molecule has 3 aromatic heterocycles. The number of nitrogens with one attached hydrogen (secondary N) is 1. The van der Waals surface area contributed by atoms with E-state index >= 15 is 0 Å². The second-order valence-corrected chi connectivity index (χ2v) is 10.0. The van der Waals surface area contributed by atoms with E-state index in [9.17, 15) is 4.79 Å². The van der Waals surface area contributed by atoms with Crippen LogP contribution in [0.5, 0.6) is 0 Å². The Kier molecular flexibility index (Phi) is 2.86. The first-order chi connectivity index (χ1) is 11.4. The molecular formula is C18H21N3OS2. The van der Waals surface area contributed by atoms with Crippen molar-refractivity contribution in [3.8, 4) is 0 Å². The third-order valence-corrected chi connectivity index (χ3v) is 8.84. The molecule has 6 heteroatoms. The molecule has 2 bridgehead atoms. The Labute approximate surface area is 148 Å². The summed E-state index contributed by atoms with van der Waals surface area (Å²) in [5, 5.41) is 5.38. The van der Waals surface area contributed by atoms with Gasteiger partial charge in [0, 0.05) is 17.6 Å². The van der Waals surface area contributed by atoms with Gasteiger partial charge in [-0.05, 0) is 42.1 Å². The van der Waals surface area contributed by atoms with E-state index in [1.165, 1.54) is 24.2 Å². The molecule has 2 aliphatic rings. The number of fused-ring (bicyclic) bond motifs is 5. The van der Waals surface area contributed by atoms with Crippen LogP contribution in [-0.2, 0) is 0 Å². The van der Waals surface area contributed by atoms with Crippen molar-refractivity contribution in [2.75, 3.05) is 0 Å². The summed E-state index contributed by atoms with van der Waals surface area (Å²) in [5.74, 6) is 0.802. The Bertz CT molecular complexity index is 966. The van der Waals surface area contributed by atoms with E-state index in [-0.39, 0.29) is 17.4 Å². The second-order valence-electron chi connectivity index (χ2n) is 8.10. The molecule has 1 amide bonds. The van der Waals surface area contributed by atoms with Crippen molar-refractivity contribution in [1.29, 1.82) is 0 Å². The number of hydrogen-bond donors (Lipinski definition) is 1. The van der Waals surface area contributed by atoms with Crippen LogP contribution >= 0.6 is 22.7 Å². The summed E-state index contributed by atoms with van der Waals surface area (Å²) in [6.07, 6.45) is 5.66. The van der Waals surface area contributed by atoms with E-state index in [1.807, 2.05) is 17.6 Å². The van der Waals surface area contributed by atoms with Crippen LogP contribution in [0.4, 0.5) is 0 Å². The van der Waals surface area contributed by atoms with Gasteiger partial charge in [0.25, 0.3) is 5.91 Å². The van der Waals surface area contributed by atoms with Gasteiger partial charge in [0.05, 0.1) is 10.4 Å². The summed E-state index contributed by atoms with van der Waals surface area (Å²) in [5.41, 5.74) is 1.58. The van der Waals surface area contributed by atoms with Gasteiger partial charge in [-0.3, -0.25) is 9.20 Å². The number of amides is 1. The lowest BCUT2D eigenvalue weighted by Crippen LogP contribution is -2.46. The predicted molar refractivity (Wildman–Crippen MR) is 98.9 cm³/mol. The maximum atomic E-state index is 12.8. The van der Waals surface area contributed by atoms with E-state index in [0.717, 1.165) is 32.5 Å². The van der Waals surface area contributed by atoms with Crippen LogP contribution in [0.15, 0.2) is 17.6 Å². The minimum atomic E-state index is 0.0663. The zero-order valence-electron chi connectivity index (χ0n) is 14.1. The number of nitrogens with zero attached hydrogens (tertiary/aromatic N) is 2. The molecule has 0 aliphatic heterocycles. The average molecular weight is 360 g/mol. The van der Waals surface area contributed by atoms with E-state index in [1.54, 1.807) is 11.3 Å². The summed E-state index contributed by atoms with van der Waals surface area (Å²) in [6.45, 7) is 7.12. The van der Waals surface area contributed by atoms with Gasteiger partial charge >= 0.3 is 0 Å².